The Morgan fingerprint density at radius 1 is 0.281 bits per heavy atom. The fraction of sp³-hybridized carbons (Fsp3) is 0.948. The maximum absolute atomic E-state index is 13.1. The van der Waals surface area contributed by atoms with Gasteiger partial charge in [-0.15, -0.1) is 0 Å². The van der Waals surface area contributed by atoms with E-state index in [0.717, 1.165) is 95.8 Å². The van der Waals surface area contributed by atoms with Crippen LogP contribution in [-0.4, -0.2) is 96.7 Å². The monoisotopic (exact) mass is 1410 g/mol. The molecule has 0 aliphatic rings. The van der Waals surface area contributed by atoms with Crippen molar-refractivity contribution in [2.75, 3.05) is 39.6 Å². The van der Waals surface area contributed by atoms with Crippen molar-refractivity contribution in [2.45, 2.75) is 425 Å². The molecule has 0 spiro atoms. The number of hydrogen-bond acceptors (Lipinski definition) is 15. The zero-order chi connectivity index (χ0) is 70.5. The fourth-order valence-electron chi connectivity index (χ4n) is 11.9. The molecule has 0 saturated heterocycles. The highest BCUT2D eigenvalue weighted by molar-refractivity contribution is 7.47. The highest BCUT2D eigenvalue weighted by Gasteiger charge is 2.30. The molecule has 0 fully saturated rings. The zero-order valence-corrected chi connectivity index (χ0v) is 64.3. The van der Waals surface area contributed by atoms with E-state index < -0.39 is 97.5 Å². The van der Waals surface area contributed by atoms with Crippen LogP contribution in [0.15, 0.2) is 0 Å². The Kier molecular flexibility index (Phi) is 68.7. The van der Waals surface area contributed by atoms with Crippen molar-refractivity contribution in [3.63, 3.8) is 0 Å². The van der Waals surface area contributed by atoms with Crippen LogP contribution in [0.25, 0.3) is 0 Å². The molecule has 0 aromatic carbocycles. The molecule has 0 aromatic heterocycles. The first-order chi connectivity index (χ1) is 46.5. The van der Waals surface area contributed by atoms with Crippen LogP contribution in [0, 0.1) is 5.92 Å². The summed E-state index contributed by atoms with van der Waals surface area (Å²) in [6, 6.07) is 0. The van der Waals surface area contributed by atoms with Gasteiger partial charge in [-0.2, -0.15) is 0 Å². The van der Waals surface area contributed by atoms with Gasteiger partial charge < -0.3 is 33.8 Å². The Labute approximate surface area is 588 Å². The third-order valence-electron chi connectivity index (χ3n) is 18.0. The summed E-state index contributed by atoms with van der Waals surface area (Å²) in [4.78, 5) is 72.8. The first kappa shape index (κ1) is 94.1. The summed E-state index contributed by atoms with van der Waals surface area (Å²) < 4.78 is 68.6. The van der Waals surface area contributed by atoms with Crippen molar-refractivity contribution < 1.29 is 80.2 Å². The molecule has 0 aliphatic heterocycles. The van der Waals surface area contributed by atoms with E-state index in [1.54, 1.807) is 0 Å². The van der Waals surface area contributed by atoms with Crippen LogP contribution in [0.3, 0.4) is 0 Å². The molecule has 0 saturated carbocycles. The Bertz CT molecular complexity index is 1840. The summed E-state index contributed by atoms with van der Waals surface area (Å²) >= 11 is 0. The second-order valence-electron chi connectivity index (χ2n) is 28.2. The lowest BCUT2D eigenvalue weighted by Gasteiger charge is -2.21. The van der Waals surface area contributed by atoms with Crippen molar-refractivity contribution in [1.82, 2.24) is 0 Å². The minimum atomic E-state index is -4.96. The summed E-state index contributed by atoms with van der Waals surface area (Å²) in [6.07, 6.45) is 59.5. The Balaban J connectivity index is 5.24. The van der Waals surface area contributed by atoms with Crippen LogP contribution < -0.4 is 0 Å². The van der Waals surface area contributed by atoms with Gasteiger partial charge in [0.2, 0.25) is 0 Å². The minimum absolute atomic E-state index is 0.108. The van der Waals surface area contributed by atoms with Crippen molar-refractivity contribution in [3.05, 3.63) is 0 Å². The van der Waals surface area contributed by atoms with Gasteiger partial charge in [0.1, 0.15) is 19.3 Å². The van der Waals surface area contributed by atoms with E-state index in [0.29, 0.717) is 25.7 Å². The third kappa shape index (κ3) is 70.5. The van der Waals surface area contributed by atoms with Gasteiger partial charge in [-0.1, -0.05) is 356 Å². The molecule has 0 amide bonds. The molecule has 0 heterocycles. The predicted octanol–water partition coefficient (Wildman–Crippen LogP) is 22.9. The lowest BCUT2D eigenvalue weighted by molar-refractivity contribution is -0.161. The minimum Gasteiger partial charge on any atom is -0.462 e. The Morgan fingerprint density at radius 3 is 0.708 bits per heavy atom. The zero-order valence-electron chi connectivity index (χ0n) is 62.5. The first-order valence-electron chi connectivity index (χ1n) is 40.1. The van der Waals surface area contributed by atoms with Gasteiger partial charge in [0.05, 0.1) is 26.4 Å². The third-order valence-corrected chi connectivity index (χ3v) is 19.9. The highest BCUT2D eigenvalue weighted by Crippen LogP contribution is 2.45. The number of aliphatic hydroxyl groups is 1. The number of rotatable bonds is 77. The number of esters is 4. The molecule has 96 heavy (non-hydrogen) atoms. The lowest BCUT2D eigenvalue weighted by Crippen LogP contribution is -2.30. The van der Waals surface area contributed by atoms with E-state index in [4.69, 9.17) is 37.0 Å². The molecule has 0 aromatic rings. The second-order valence-corrected chi connectivity index (χ2v) is 31.1. The van der Waals surface area contributed by atoms with Crippen molar-refractivity contribution in [3.8, 4) is 0 Å². The quantitative estimate of drug-likeness (QED) is 0.0222. The number of phosphoric ester groups is 2. The van der Waals surface area contributed by atoms with Crippen LogP contribution >= 0.6 is 15.6 Å². The first-order valence-corrected chi connectivity index (χ1v) is 43.1. The molecular weight excluding hydrogens is 1260 g/mol. The molecule has 17 nitrogen and oxygen atoms in total. The molecule has 5 atom stereocenters. The lowest BCUT2D eigenvalue weighted by atomic mass is 10.0. The van der Waals surface area contributed by atoms with Crippen LogP contribution in [0.4, 0.5) is 0 Å². The van der Waals surface area contributed by atoms with Gasteiger partial charge in [-0.3, -0.25) is 37.3 Å². The second kappa shape index (κ2) is 70.1. The maximum atomic E-state index is 13.1. The SMILES string of the molecule is CCCCCCCCCCCCCCCCCCCCC(=O)O[C@H](COC(=O)CCCCCCCCCCCCCC(C)C)COP(=O)(O)OC[C@@H](O)COP(=O)(O)OC[C@@H](COC(=O)CCCCCCCCCCCC)OC(=O)CCCCCCCCCCCCCCCC. The molecule has 3 N–H and O–H groups in total. The number of hydrogen-bond donors (Lipinski definition) is 3. The van der Waals surface area contributed by atoms with E-state index in [-0.39, 0.29) is 25.7 Å². The van der Waals surface area contributed by atoms with Crippen LogP contribution in [0.1, 0.15) is 407 Å². The molecule has 0 radical (unpaired) electrons. The van der Waals surface area contributed by atoms with E-state index in [2.05, 4.69) is 34.6 Å². The normalized spacial score (nSPS) is 13.9. The van der Waals surface area contributed by atoms with E-state index in [9.17, 15) is 43.2 Å². The van der Waals surface area contributed by atoms with E-state index >= 15 is 0 Å². The number of phosphoric acid groups is 2. The Morgan fingerprint density at radius 2 is 0.479 bits per heavy atom. The average molecular weight is 1410 g/mol. The average Bonchev–Trinajstić information content (AvgIpc) is 1.13. The maximum Gasteiger partial charge on any atom is 0.472 e. The van der Waals surface area contributed by atoms with Gasteiger partial charge in [-0.05, 0) is 31.6 Å². The highest BCUT2D eigenvalue weighted by atomic mass is 31.2. The van der Waals surface area contributed by atoms with Gasteiger partial charge in [0.15, 0.2) is 12.2 Å². The molecular formula is C77H150O17P2. The molecule has 570 valence electrons. The standard InChI is InChI=1S/C77H150O17P2/c1-6-9-12-15-18-21-24-26-28-29-30-31-33-37-43-48-53-58-63-77(82)94-73(67-88-75(80)61-56-51-46-41-38-34-35-39-44-49-54-59-70(4)5)69-92-96(85,86)90-65-71(78)64-89-95(83,84)91-68-72(66-87-74(79)60-55-50-45-40-23-20-17-14-11-8-3)93-76(81)62-57-52-47-42-36-32-27-25-22-19-16-13-10-7-2/h70-73,78H,6-69H2,1-5H3,(H,83,84)(H,85,86)/t71-,72+,73+/m0/s1. The van der Waals surface area contributed by atoms with E-state index in [1.165, 1.54) is 231 Å². The summed E-state index contributed by atoms with van der Waals surface area (Å²) in [6.45, 7) is 7.31. The molecule has 0 aliphatic carbocycles. The molecule has 2 unspecified atom stereocenters. The van der Waals surface area contributed by atoms with Crippen LogP contribution in [0.2, 0.25) is 0 Å². The van der Waals surface area contributed by atoms with Crippen LogP contribution in [-0.2, 0) is 65.4 Å². The Hall–Kier alpha value is -1.94. The van der Waals surface area contributed by atoms with Crippen molar-refractivity contribution in [1.29, 1.82) is 0 Å². The van der Waals surface area contributed by atoms with Gasteiger partial charge in [-0.25, -0.2) is 9.13 Å². The van der Waals surface area contributed by atoms with Crippen LogP contribution in [0.5, 0.6) is 0 Å². The van der Waals surface area contributed by atoms with Gasteiger partial charge >= 0.3 is 39.5 Å². The van der Waals surface area contributed by atoms with Crippen molar-refractivity contribution in [2.24, 2.45) is 5.92 Å². The van der Waals surface area contributed by atoms with Gasteiger partial charge in [0.25, 0.3) is 0 Å². The largest absolute Gasteiger partial charge is 0.472 e. The summed E-state index contributed by atoms with van der Waals surface area (Å²) in [5, 5.41) is 10.6. The number of carbonyl (C=O) groups is 4. The van der Waals surface area contributed by atoms with E-state index in [1.807, 2.05) is 0 Å². The molecule has 19 heteroatoms. The van der Waals surface area contributed by atoms with Crippen molar-refractivity contribution >= 4 is 39.5 Å². The molecule has 0 rings (SSSR count). The number of unbranched alkanes of at least 4 members (excludes halogenated alkanes) is 49. The smallest absolute Gasteiger partial charge is 0.462 e. The topological polar surface area (TPSA) is 237 Å². The number of ether oxygens (including phenoxy) is 4. The molecule has 0 bridgehead atoms. The summed E-state index contributed by atoms with van der Waals surface area (Å²) in [7, 11) is -9.91. The number of carbonyl (C=O) groups excluding carboxylic acids is 4. The summed E-state index contributed by atoms with van der Waals surface area (Å²) in [5.74, 6) is -1.34. The fourth-order valence-corrected chi connectivity index (χ4v) is 13.5. The number of aliphatic hydroxyl groups excluding tert-OH is 1. The predicted molar refractivity (Wildman–Crippen MR) is 391 cm³/mol. The summed E-state index contributed by atoms with van der Waals surface area (Å²) in [5.41, 5.74) is 0. The van der Waals surface area contributed by atoms with Gasteiger partial charge in [0, 0.05) is 25.7 Å².